The summed E-state index contributed by atoms with van der Waals surface area (Å²) >= 11 is 0. The highest BCUT2D eigenvalue weighted by Crippen LogP contribution is 2.28. The van der Waals surface area contributed by atoms with E-state index < -0.39 is 0 Å². The number of nitrogens with zero attached hydrogens (tertiary/aromatic N) is 3. The summed E-state index contributed by atoms with van der Waals surface area (Å²) in [6.07, 6.45) is 0. The monoisotopic (exact) mass is 353 g/mol. The number of benzene rings is 2. The molecule has 26 heavy (non-hydrogen) atoms. The van der Waals surface area contributed by atoms with E-state index in [1.54, 1.807) is 30.7 Å². The molecule has 0 fully saturated rings. The molecule has 1 aromatic heterocycles. The number of fused-ring (bicyclic) bond motifs is 1. The summed E-state index contributed by atoms with van der Waals surface area (Å²) in [5.41, 5.74) is 2.30. The van der Waals surface area contributed by atoms with Crippen LogP contribution >= 0.6 is 0 Å². The molecule has 0 aliphatic carbocycles. The first-order chi connectivity index (χ1) is 12.5. The van der Waals surface area contributed by atoms with E-state index in [1.165, 1.54) is 4.57 Å². The first-order valence-corrected chi connectivity index (χ1v) is 8.48. The van der Waals surface area contributed by atoms with Crippen molar-refractivity contribution >= 4 is 16.9 Å². The average molecular weight is 353 g/mol. The SMILES string of the molecule is COc1ccccc1C(C)N(C)C(=O)Cn1c(=O)n(C)c2ccccc21. The van der Waals surface area contributed by atoms with Gasteiger partial charge in [0.25, 0.3) is 0 Å². The van der Waals surface area contributed by atoms with E-state index in [9.17, 15) is 9.59 Å². The number of amides is 1. The lowest BCUT2D eigenvalue weighted by atomic mass is 10.1. The molecule has 6 heteroatoms. The Hall–Kier alpha value is -3.02. The molecule has 0 aliphatic rings. The summed E-state index contributed by atoms with van der Waals surface area (Å²) in [6.45, 7) is 1.94. The maximum Gasteiger partial charge on any atom is 0.329 e. The second kappa shape index (κ2) is 7.07. The molecule has 1 unspecified atom stereocenters. The number of carbonyl (C=O) groups is 1. The van der Waals surface area contributed by atoms with Crippen LogP contribution in [0.25, 0.3) is 11.0 Å². The van der Waals surface area contributed by atoms with Crippen molar-refractivity contribution < 1.29 is 9.53 Å². The van der Waals surface area contributed by atoms with Gasteiger partial charge in [-0.1, -0.05) is 30.3 Å². The molecule has 0 spiro atoms. The number of ether oxygens (including phenoxy) is 1. The Morgan fingerprint density at radius 2 is 1.73 bits per heavy atom. The summed E-state index contributed by atoms with van der Waals surface area (Å²) in [5.74, 6) is 0.601. The number of hydrogen-bond acceptors (Lipinski definition) is 3. The highest BCUT2D eigenvalue weighted by atomic mass is 16.5. The maximum atomic E-state index is 12.8. The fourth-order valence-electron chi connectivity index (χ4n) is 3.20. The standard InChI is InChI=1S/C20H23N3O3/c1-14(15-9-5-8-12-18(15)26-4)21(2)19(24)13-23-17-11-7-6-10-16(17)22(3)20(23)25/h5-12,14H,13H2,1-4H3. The Bertz CT molecular complexity index is 1000. The molecule has 0 radical (unpaired) electrons. The molecule has 0 N–H and O–H groups in total. The van der Waals surface area contributed by atoms with Crippen molar-refractivity contribution in [1.29, 1.82) is 0 Å². The van der Waals surface area contributed by atoms with Crippen molar-refractivity contribution in [2.24, 2.45) is 7.05 Å². The number of aromatic nitrogens is 2. The zero-order chi connectivity index (χ0) is 18.8. The Morgan fingerprint density at radius 1 is 1.12 bits per heavy atom. The van der Waals surface area contributed by atoms with Gasteiger partial charge < -0.3 is 9.64 Å². The molecule has 0 saturated heterocycles. The molecule has 6 nitrogen and oxygen atoms in total. The quantitative estimate of drug-likeness (QED) is 0.708. The third kappa shape index (κ3) is 2.98. The van der Waals surface area contributed by atoms with Gasteiger partial charge in [-0.3, -0.25) is 13.9 Å². The molecule has 2 aromatic carbocycles. The van der Waals surface area contributed by atoms with Crippen LogP contribution in [0.3, 0.4) is 0 Å². The van der Waals surface area contributed by atoms with Gasteiger partial charge in [0.2, 0.25) is 5.91 Å². The zero-order valence-electron chi connectivity index (χ0n) is 15.5. The van der Waals surface area contributed by atoms with Crippen LogP contribution in [0.2, 0.25) is 0 Å². The predicted molar refractivity (Wildman–Crippen MR) is 101 cm³/mol. The lowest BCUT2D eigenvalue weighted by molar-refractivity contribution is -0.132. The van der Waals surface area contributed by atoms with E-state index >= 15 is 0 Å². The molecule has 0 saturated carbocycles. The van der Waals surface area contributed by atoms with Gasteiger partial charge >= 0.3 is 5.69 Å². The van der Waals surface area contributed by atoms with Gasteiger partial charge in [-0.25, -0.2) is 4.79 Å². The summed E-state index contributed by atoms with van der Waals surface area (Å²) in [7, 11) is 5.07. The normalized spacial score (nSPS) is 12.2. The molecule has 3 aromatic rings. The van der Waals surface area contributed by atoms with Crippen molar-refractivity contribution in [3.8, 4) is 5.75 Å². The molecule has 1 atom stereocenters. The fourth-order valence-corrected chi connectivity index (χ4v) is 3.20. The Morgan fingerprint density at radius 3 is 2.42 bits per heavy atom. The van der Waals surface area contributed by atoms with Crippen LogP contribution in [0, 0.1) is 0 Å². The van der Waals surface area contributed by atoms with Gasteiger partial charge in [0, 0.05) is 19.7 Å². The molecule has 1 amide bonds. The van der Waals surface area contributed by atoms with Crippen LogP contribution in [0.15, 0.2) is 53.3 Å². The van der Waals surface area contributed by atoms with Crippen LogP contribution in [-0.4, -0.2) is 34.1 Å². The minimum absolute atomic E-state index is 0.00379. The number of aryl methyl sites for hydroxylation is 1. The highest BCUT2D eigenvalue weighted by Gasteiger charge is 2.22. The van der Waals surface area contributed by atoms with Gasteiger partial charge in [-0.2, -0.15) is 0 Å². The summed E-state index contributed by atoms with van der Waals surface area (Å²) in [5, 5.41) is 0. The van der Waals surface area contributed by atoms with Crippen LogP contribution < -0.4 is 10.4 Å². The van der Waals surface area contributed by atoms with Crippen molar-refractivity contribution in [3.05, 3.63) is 64.6 Å². The van der Waals surface area contributed by atoms with Crippen molar-refractivity contribution in [2.45, 2.75) is 19.5 Å². The van der Waals surface area contributed by atoms with Gasteiger partial charge in [0.1, 0.15) is 12.3 Å². The number of carbonyl (C=O) groups excluding carboxylic acids is 1. The van der Waals surface area contributed by atoms with E-state index in [0.29, 0.717) is 0 Å². The van der Waals surface area contributed by atoms with E-state index in [-0.39, 0.29) is 24.2 Å². The Balaban J connectivity index is 1.89. The van der Waals surface area contributed by atoms with Crippen molar-refractivity contribution in [2.75, 3.05) is 14.2 Å². The summed E-state index contributed by atoms with van der Waals surface area (Å²) in [4.78, 5) is 27.0. The maximum absolute atomic E-state index is 12.8. The van der Waals surface area contributed by atoms with Gasteiger partial charge in [-0.15, -0.1) is 0 Å². The summed E-state index contributed by atoms with van der Waals surface area (Å²) < 4.78 is 8.48. The topological polar surface area (TPSA) is 56.5 Å². The van der Waals surface area contributed by atoms with Gasteiger partial charge in [0.15, 0.2) is 0 Å². The lowest BCUT2D eigenvalue weighted by Crippen LogP contribution is -2.35. The first kappa shape index (κ1) is 17.8. The fraction of sp³-hybridized carbons (Fsp3) is 0.300. The van der Waals surface area contributed by atoms with E-state index in [4.69, 9.17) is 4.74 Å². The molecular formula is C20H23N3O3. The number of imidazole rings is 1. The van der Waals surface area contributed by atoms with Crippen LogP contribution in [0.4, 0.5) is 0 Å². The number of hydrogen-bond donors (Lipinski definition) is 0. The average Bonchev–Trinajstić information content (AvgIpc) is 2.91. The molecule has 136 valence electrons. The van der Waals surface area contributed by atoms with Gasteiger partial charge in [-0.05, 0) is 25.1 Å². The van der Waals surface area contributed by atoms with E-state index in [0.717, 1.165) is 22.3 Å². The van der Waals surface area contributed by atoms with E-state index in [2.05, 4.69) is 0 Å². The Kier molecular flexibility index (Phi) is 4.84. The number of para-hydroxylation sites is 3. The molecule has 0 aliphatic heterocycles. The smallest absolute Gasteiger partial charge is 0.329 e. The van der Waals surface area contributed by atoms with Gasteiger partial charge in [0.05, 0.1) is 24.2 Å². The number of likely N-dealkylation sites (N-methyl/N-ethyl adjacent to an activating group) is 1. The highest BCUT2D eigenvalue weighted by molar-refractivity contribution is 5.81. The predicted octanol–water partition coefficient (Wildman–Crippen LogP) is 2.57. The number of methoxy groups -OCH3 is 1. The van der Waals surface area contributed by atoms with Crippen molar-refractivity contribution in [1.82, 2.24) is 14.0 Å². The zero-order valence-corrected chi connectivity index (χ0v) is 15.5. The minimum atomic E-state index is -0.196. The third-order valence-corrected chi connectivity index (χ3v) is 4.91. The van der Waals surface area contributed by atoms with Crippen LogP contribution in [0.5, 0.6) is 5.75 Å². The number of rotatable bonds is 5. The van der Waals surface area contributed by atoms with Crippen molar-refractivity contribution in [3.63, 3.8) is 0 Å². The van der Waals surface area contributed by atoms with Crippen LogP contribution in [0.1, 0.15) is 18.5 Å². The second-order valence-corrected chi connectivity index (χ2v) is 6.34. The second-order valence-electron chi connectivity index (χ2n) is 6.34. The Labute approximate surface area is 152 Å². The van der Waals surface area contributed by atoms with E-state index in [1.807, 2.05) is 55.5 Å². The minimum Gasteiger partial charge on any atom is -0.496 e. The summed E-state index contributed by atoms with van der Waals surface area (Å²) in [6, 6.07) is 14.9. The lowest BCUT2D eigenvalue weighted by Gasteiger charge is -2.26. The van der Waals surface area contributed by atoms with Crippen LogP contribution in [-0.2, 0) is 18.4 Å². The first-order valence-electron chi connectivity index (χ1n) is 8.48. The third-order valence-electron chi connectivity index (χ3n) is 4.91. The molecule has 0 bridgehead atoms. The molecule has 3 rings (SSSR count). The molecular weight excluding hydrogens is 330 g/mol. The largest absolute Gasteiger partial charge is 0.496 e. The molecule has 1 heterocycles.